The van der Waals surface area contributed by atoms with E-state index in [4.69, 9.17) is 4.74 Å². The number of hydrogen-bond acceptors (Lipinski definition) is 4. The Balaban J connectivity index is 1.85. The van der Waals surface area contributed by atoms with Gasteiger partial charge in [-0.15, -0.1) is 0 Å². The Kier molecular flexibility index (Phi) is 5.43. The highest BCUT2D eigenvalue weighted by Gasteiger charge is 2.19. The maximum absolute atomic E-state index is 11.8. The van der Waals surface area contributed by atoms with Crippen molar-refractivity contribution < 1.29 is 19.1 Å². The van der Waals surface area contributed by atoms with E-state index in [2.05, 4.69) is 15.9 Å². The van der Waals surface area contributed by atoms with Crippen molar-refractivity contribution >= 4 is 33.7 Å². The molecule has 6 heteroatoms. The Morgan fingerprint density at radius 1 is 0.955 bits per heavy atom. The number of hydrogen-bond donors (Lipinski definition) is 1. The first kappa shape index (κ1) is 15.9. The van der Waals surface area contributed by atoms with Gasteiger partial charge in [-0.2, -0.15) is 0 Å². The van der Waals surface area contributed by atoms with Crippen LogP contribution in [0.5, 0.6) is 0 Å². The SMILES string of the molecule is O=C(NC(=O)C(=O)c1ccccc1)OCc1ccc(Br)cc1. The zero-order chi connectivity index (χ0) is 15.9. The standard InChI is InChI=1S/C16H12BrNO4/c17-13-8-6-11(7-9-13)10-22-16(21)18-15(20)14(19)12-4-2-1-3-5-12/h1-9H,10H2,(H,18,20,21). The smallest absolute Gasteiger partial charge is 0.414 e. The molecule has 0 aliphatic carbocycles. The molecule has 0 heterocycles. The van der Waals surface area contributed by atoms with Crippen molar-refractivity contribution in [1.29, 1.82) is 0 Å². The molecule has 2 amide bonds. The van der Waals surface area contributed by atoms with Gasteiger partial charge in [0.25, 0.3) is 5.78 Å². The first-order chi connectivity index (χ1) is 10.6. The van der Waals surface area contributed by atoms with Crippen molar-refractivity contribution in [3.63, 3.8) is 0 Å². The van der Waals surface area contributed by atoms with Crippen LogP contribution in [0, 0.1) is 0 Å². The number of benzene rings is 2. The zero-order valence-corrected chi connectivity index (χ0v) is 13.0. The minimum absolute atomic E-state index is 0.00587. The summed E-state index contributed by atoms with van der Waals surface area (Å²) in [6.07, 6.45) is -0.961. The number of Topliss-reactive ketones (excluding diaryl/α,β-unsaturated/α-hetero) is 1. The van der Waals surface area contributed by atoms with Crippen LogP contribution >= 0.6 is 15.9 Å². The molecule has 0 fully saturated rings. The number of nitrogens with one attached hydrogen (secondary N) is 1. The maximum Gasteiger partial charge on any atom is 0.414 e. The number of carbonyl (C=O) groups is 3. The van der Waals surface area contributed by atoms with Gasteiger partial charge in [0.05, 0.1) is 0 Å². The molecule has 2 rings (SSSR count). The Morgan fingerprint density at radius 2 is 1.59 bits per heavy atom. The molecule has 1 N–H and O–H groups in total. The second kappa shape index (κ2) is 7.51. The highest BCUT2D eigenvalue weighted by Crippen LogP contribution is 2.11. The molecule has 2 aromatic carbocycles. The highest BCUT2D eigenvalue weighted by molar-refractivity contribution is 9.10. The fourth-order valence-electron chi connectivity index (χ4n) is 1.64. The van der Waals surface area contributed by atoms with E-state index in [1.165, 1.54) is 12.1 Å². The monoisotopic (exact) mass is 361 g/mol. The van der Waals surface area contributed by atoms with Crippen LogP contribution in [-0.4, -0.2) is 17.8 Å². The van der Waals surface area contributed by atoms with Crippen molar-refractivity contribution in [1.82, 2.24) is 5.32 Å². The second-order valence-corrected chi connectivity index (χ2v) is 5.27. The number of alkyl carbamates (subject to hydrolysis) is 1. The largest absolute Gasteiger partial charge is 0.444 e. The third kappa shape index (κ3) is 4.53. The summed E-state index contributed by atoms with van der Waals surface area (Å²) in [5.41, 5.74) is 0.973. The highest BCUT2D eigenvalue weighted by atomic mass is 79.9. The topological polar surface area (TPSA) is 72.5 Å². The molecule has 0 radical (unpaired) electrons. The molecule has 22 heavy (non-hydrogen) atoms. The van der Waals surface area contributed by atoms with Crippen molar-refractivity contribution in [2.45, 2.75) is 6.61 Å². The molecule has 0 aliphatic heterocycles. The van der Waals surface area contributed by atoms with Gasteiger partial charge in [-0.05, 0) is 17.7 Å². The summed E-state index contributed by atoms with van der Waals surface area (Å²) in [5.74, 6) is -1.81. The van der Waals surface area contributed by atoms with Crippen LogP contribution < -0.4 is 5.32 Å². The van der Waals surface area contributed by atoms with Gasteiger partial charge in [0, 0.05) is 10.0 Å². The Bertz CT molecular complexity index is 683. The normalized spacial score (nSPS) is 9.86. The first-order valence-electron chi connectivity index (χ1n) is 6.38. The Hall–Kier alpha value is -2.47. The summed E-state index contributed by atoms with van der Waals surface area (Å²) >= 11 is 3.29. The van der Waals surface area contributed by atoms with Gasteiger partial charge in [0.2, 0.25) is 0 Å². The van der Waals surface area contributed by atoms with Gasteiger partial charge in [-0.25, -0.2) is 4.79 Å². The van der Waals surface area contributed by atoms with E-state index in [1.54, 1.807) is 42.5 Å². The van der Waals surface area contributed by atoms with Crippen molar-refractivity contribution in [3.05, 3.63) is 70.2 Å². The molecule has 2 aromatic rings. The molecule has 0 spiro atoms. The van der Waals surface area contributed by atoms with Gasteiger partial charge in [0.15, 0.2) is 0 Å². The molecule has 0 aromatic heterocycles. The summed E-state index contributed by atoms with van der Waals surface area (Å²) in [4.78, 5) is 34.9. The fourth-order valence-corrected chi connectivity index (χ4v) is 1.90. The van der Waals surface area contributed by atoms with Crippen LogP contribution in [0.4, 0.5) is 4.79 Å². The Labute approximate surface area is 135 Å². The first-order valence-corrected chi connectivity index (χ1v) is 7.17. The molecule has 0 unspecified atom stereocenters. The lowest BCUT2D eigenvalue weighted by molar-refractivity contribution is -0.116. The van der Waals surface area contributed by atoms with Crippen molar-refractivity contribution in [3.8, 4) is 0 Å². The Morgan fingerprint density at radius 3 is 2.23 bits per heavy atom. The lowest BCUT2D eigenvalue weighted by atomic mass is 10.1. The fraction of sp³-hybridized carbons (Fsp3) is 0.0625. The van der Waals surface area contributed by atoms with Gasteiger partial charge in [0.1, 0.15) is 6.61 Å². The number of amides is 2. The molecule has 0 saturated carbocycles. The summed E-state index contributed by atoms with van der Waals surface area (Å²) in [6, 6.07) is 15.1. The van der Waals surface area contributed by atoms with Gasteiger partial charge < -0.3 is 4.74 Å². The predicted octanol–water partition coefficient (Wildman–Crippen LogP) is 3.08. The number of carbonyl (C=O) groups excluding carboxylic acids is 3. The van der Waals surface area contributed by atoms with Crippen LogP contribution in [-0.2, 0) is 16.1 Å². The van der Waals surface area contributed by atoms with E-state index < -0.39 is 17.8 Å². The average molecular weight is 362 g/mol. The van der Waals surface area contributed by atoms with E-state index >= 15 is 0 Å². The molecular formula is C16H12BrNO4. The van der Waals surface area contributed by atoms with Gasteiger partial charge >= 0.3 is 12.0 Å². The van der Waals surface area contributed by atoms with Crippen LogP contribution in [0.15, 0.2) is 59.1 Å². The molecule has 0 bridgehead atoms. The van der Waals surface area contributed by atoms with Crippen LogP contribution in [0.25, 0.3) is 0 Å². The number of ketones is 1. The molecule has 112 valence electrons. The lowest BCUT2D eigenvalue weighted by Crippen LogP contribution is -2.36. The third-order valence-electron chi connectivity index (χ3n) is 2.74. The molecule has 5 nitrogen and oxygen atoms in total. The van der Waals surface area contributed by atoms with E-state index in [1.807, 2.05) is 5.32 Å². The summed E-state index contributed by atoms with van der Waals surface area (Å²) < 4.78 is 5.79. The second-order valence-electron chi connectivity index (χ2n) is 4.35. The van der Waals surface area contributed by atoms with E-state index in [9.17, 15) is 14.4 Å². The number of rotatable bonds is 4. The quantitative estimate of drug-likeness (QED) is 0.670. The summed E-state index contributed by atoms with van der Waals surface area (Å²) in [6.45, 7) is 0.00587. The van der Waals surface area contributed by atoms with E-state index in [0.717, 1.165) is 10.0 Å². The molecule has 0 aliphatic rings. The van der Waals surface area contributed by atoms with Crippen molar-refractivity contribution in [2.75, 3.05) is 0 Å². The summed E-state index contributed by atoms with van der Waals surface area (Å²) in [5, 5.41) is 1.90. The van der Waals surface area contributed by atoms with E-state index in [-0.39, 0.29) is 12.2 Å². The van der Waals surface area contributed by atoms with Crippen LogP contribution in [0.1, 0.15) is 15.9 Å². The van der Waals surface area contributed by atoms with Crippen molar-refractivity contribution in [2.24, 2.45) is 0 Å². The van der Waals surface area contributed by atoms with Gasteiger partial charge in [-0.3, -0.25) is 14.9 Å². The van der Waals surface area contributed by atoms with E-state index in [0.29, 0.717) is 0 Å². The maximum atomic E-state index is 11.8. The minimum atomic E-state index is -1.02. The number of ether oxygens (including phenoxy) is 1. The lowest BCUT2D eigenvalue weighted by Gasteiger charge is -2.06. The zero-order valence-electron chi connectivity index (χ0n) is 11.4. The number of imide groups is 1. The van der Waals surface area contributed by atoms with Crippen LogP contribution in [0.2, 0.25) is 0 Å². The summed E-state index contributed by atoms with van der Waals surface area (Å²) in [7, 11) is 0. The minimum Gasteiger partial charge on any atom is -0.444 e. The average Bonchev–Trinajstić information content (AvgIpc) is 2.54. The number of halogens is 1. The van der Waals surface area contributed by atoms with Crippen LogP contribution in [0.3, 0.4) is 0 Å². The molecule has 0 atom stereocenters. The molecule has 0 saturated heterocycles. The predicted molar refractivity (Wildman–Crippen MR) is 83.2 cm³/mol. The third-order valence-corrected chi connectivity index (χ3v) is 3.27. The molecular weight excluding hydrogens is 350 g/mol. The van der Waals surface area contributed by atoms with Gasteiger partial charge in [-0.1, -0.05) is 58.4 Å².